The first kappa shape index (κ1) is 17.9. The fraction of sp³-hybridized carbons (Fsp3) is 0.300. The average Bonchev–Trinajstić information content (AvgIpc) is 3.25. The van der Waals surface area contributed by atoms with Crippen LogP contribution in [0.4, 0.5) is 17.2 Å². The normalized spacial score (nSPS) is 19.0. The molecule has 2 atom stereocenters. The summed E-state index contributed by atoms with van der Waals surface area (Å²) in [6.07, 6.45) is 9.24. The molecule has 4 rings (SSSR count). The van der Waals surface area contributed by atoms with Gasteiger partial charge in [-0.05, 0) is 31.0 Å². The molecule has 0 spiro atoms. The number of pyridine rings is 1. The van der Waals surface area contributed by atoms with Gasteiger partial charge in [-0.3, -0.25) is 0 Å². The summed E-state index contributed by atoms with van der Waals surface area (Å²) >= 11 is 0. The van der Waals surface area contributed by atoms with Crippen molar-refractivity contribution >= 4 is 17.2 Å². The molecule has 8 nitrogen and oxygen atoms in total. The van der Waals surface area contributed by atoms with Crippen molar-refractivity contribution in [1.29, 1.82) is 5.26 Å². The molecule has 1 aliphatic carbocycles. The molecule has 1 aliphatic rings. The predicted octanol–water partition coefficient (Wildman–Crippen LogP) is 2.96. The predicted molar refractivity (Wildman–Crippen MR) is 107 cm³/mol. The van der Waals surface area contributed by atoms with Crippen LogP contribution >= 0.6 is 0 Å². The Hall–Kier alpha value is -3.44. The van der Waals surface area contributed by atoms with E-state index in [1.165, 1.54) is 12.8 Å². The van der Waals surface area contributed by atoms with E-state index >= 15 is 0 Å². The van der Waals surface area contributed by atoms with Gasteiger partial charge in [0.2, 0.25) is 0 Å². The summed E-state index contributed by atoms with van der Waals surface area (Å²) in [7, 11) is 0. The van der Waals surface area contributed by atoms with Crippen molar-refractivity contribution in [3.05, 3.63) is 54.5 Å². The zero-order chi connectivity index (χ0) is 19.3. The molecule has 0 radical (unpaired) electrons. The number of anilines is 3. The third-order valence-corrected chi connectivity index (χ3v) is 4.95. The Morgan fingerprint density at radius 1 is 1.14 bits per heavy atom. The van der Waals surface area contributed by atoms with Crippen LogP contribution in [0.5, 0.6) is 0 Å². The molecule has 1 saturated carbocycles. The van der Waals surface area contributed by atoms with Crippen molar-refractivity contribution < 1.29 is 0 Å². The Morgan fingerprint density at radius 3 is 2.75 bits per heavy atom. The molecule has 0 bridgehead atoms. The zero-order valence-corrected chi connectivity index (χ0v) is 15.4. The smallest absolute Gasteiger partial charge is 0.128 e. The first-order valence-electron chi connectivity index (χ1n) is 9.39. The van der Waals surface area contributed by atoms with Crippen molar-refractivity contribution in [2.45, 2.75) is 37.8 Å². The minimum atomic E-state index is 0.126. The second-order valence-electron chi connectivity index (χ2n) is 6.92. The van der Waals surface area contributed by atoms with Gasteiger partial charge in [0, 0.05) is 30.0 Å². The number of benzene rings is 1. The number of nitrogens with zero attached hydrogens (tertiary/aromatic N) is 5. The fourth-order valence-electron chi connectivity index (χ4n) is 3.47. The summed E-state index contributed by atoms with van der Waals surface area (Å²) in [5, 5.41) is 24.5. The summed E-state index contributed by atoms with van der Waals surface area (Å²) in [4.78, 5) is 5.93. The first-order chi connectivity index (χ1) is 13.7. The molecule has 2 heterocycles. The number of hydrogen-bond acceptors (Lipinski definition) is 7. The fourth-order valence-corrected chi connectivity index (χ4v) is 3.47. The summed E-state index contributed by atoms with van der Waals surface area (Å²) in [5.74, 6) is 0.716. The topological polar surface area (TPSA) is 117 Å². The van der Waals surface area contributed by atoms with Gasteiger partial charge in [0.25, 0.3) is 0 Å². The van der Waals surface area contributed by atoms with E-state index in [-0.39, 0.29) is 12.1 Å². The van der Waals surface area contributed by atoms with E-state index in [2.05, 4.69) is 31.9 Å². The van der Waals surface area contributed by atoms with Crippen LogP contribution in [0.15, 0.2) is 48.9 Å². The van der Waals surface area contributed by atoms with Crippen LogP contribution in [0.25, 0.3) is 5.69 Å². The van der Waals surface area contributed by atoms with Crippen molar-refractivity contribution in [3.8, 4) is 11.8 Å². The number of nitriles is 1. The Bertz CT molecular complexity index is 976. The monoisotopic (exact) mass is 374 g/mol. The largest absolute Gasteiger partial charge is 0.366 e. The second kappa shape index (κ2) is 8.06. The number of rotatable bonds is 5. The zero-order valence-electron chi connectivity index (χ0n) is 15.4. The van der Waals surface area contributed by atoms with Gasteiger partial charge in [-0.25, -0.2) is 4.98 Å². The Kier molecular flexibility index (Phi) is 5.17. The summed E-state index contributed by atoms with van der Waals surface area (Å²) in [5.41, 5.74) is 9.06. The molecule has 2 aromatic heterocycles. The maximum atomic E-state index is 9.46. The molecule has 0 aliphatic heterocycles. The molecule has 142 valence electrons. The van der Waals surface area contributed by atoms with Crippen LogP contribution in [-0.2, 0) is 0 Å². The van der Waals surface area contributed by atoms with Crippen molar-refractivity contribution in [2.75, 3.05) is 10.6 Å². The standard InChI is InChI=1S/C20H22N8/c21-12-14-13-23-20(27-18-7-2-1-6-17(18)22)11-19(14)26-15-4-3-5-16(10-15)28-24-8-9-25-28/h3-5,8-11,13,17-18H,1-2,6-7,22H2,(H2,23,26,27)/t17-,18+/m0/s1. The van der Waals surface area contributed by atoms with Gasteiger partial charge in [-0.15, -0.1) is 0 Å². The highest BCUT2D eigenvalue weighted by Crippen LogP contribution is 2.26. The number of aromatic nitrogens is 4. The molecule has 1 fully saturated rings. The van der Waals surface area contributed by atoms with Crippen LogP contribution in [0.2, 0.25) is 0 Å². The maximum Gasteiger partial charge on any atom is 0.128 e. The van der Waals surface area contributed by atoms with E-state index in [0.29, 0.717) is 17.1 Å². The molecular formula is C20H22N8. The number of nitrogens with two attached hydrogens (primary N) is 1. The van der Waals surface area contributed by atoms with Crippen LogP contribution < -0.4 is 16.4 Å². The molecule has 8 heteroatoms. The molecule has 28 heavy (non-hydrogen) atoms. The van der Waals surface area contributed by atoms with E-state index in [4.69, 9.17) is 5.73 Å². The molecule has 0 amide bonds. The lowest BCUT2D eigenvalue weighted by atomic mass is 9.91. The van der Waals surface area contributed by atoms with Crippen LogP contribution in [-0.4, -0.2) is 32.1 Å². The van der Waals surface area contributed by atoms with Gasteiger partial charge < -0.3 is 16.4 Å². The quantitative estimate of drug-likeness (QED) is 0.628. The van der Waals surface area contributed by atoms with Gasteiger partial charge in [0.05, 0.1) is 29.3 Å². The summed E-state index contributed by atoms with van der Waals surface area (Å²) in [6, 6.07) is 12.1. The lowest BCUT2D eigenvalue weighted by Crippen LogP contribution is -2.42. The molecular weight excluding hydrogens is 352 g/mol. The summed E-state index contributed by atoms with van der Waals surface area (Å²) in [6.45, 7) is 0. The van der Waals surface area contributed by atoms with E-state index in [1.807, 2.05) is 30.3 Å². The molecule has 1 aromatic carbocycles. The molecule has 3 aromatic rings. The van der Waals surface area contributed by atoms with Gasteiger partial charge in [0.15, 0.2) is 0 Å². The lowest BCUT2D eigenvalue weighted by molar-refractivity contribution is 0.403. The van der Waals surface area contributed by atoms with Crippen molar-refractivity contribution in [1.82, 2.24) is 20.0 Å². The van der Waals surface area contributed by atoms with Crippen LogP contribution in [0.3, 0.4) is 0 Å². The first-order valence-corrected chi connectivity index (χ1v) is 9.39. The Labute approximate surface area is 163 Å². The average molecular weight is 374 g/mol. The van der Waals surface area contributed by atoms with Gasteiger partial charge in [0.1, 0.15) is 11.9 Å². The number of nitrogens with one attached hydrogen (secondary N) is 2. The molecule has 0 saturated heterocycles. The van der Waals surface area contributed by atoms with Gasteiger partial charge in [-0.2, -0.15) is 20.3 Å². The second-order valence-corrected chi connectivity index (χ2v) is 6.92. The highest BCUT2D eigenvalue weighted by atomic mass is 15.5. The van der Waals surface area contributed by atoms with Crippen LogP contribution in [0.1, 0.15) is 31.2 Å². The third kappa shape index (κ3) is 3.94. The van der Waals surface area contributed by atoms with E-state index in [9.17, 15) is 5.26 Å². The highest BCUT2D eigenvalue weighted by Gasteiger charge is 2.22. The lowest BCUT2D eigenvalue weighted by Gasteiger charge is -2.29. The molecule has 0 unspecified atom stereocenters. The highest BCUT2D eigenvalue weighted by molar-refractivity contribution is 5.70. The molecule has 4 N–H and O–H groups in total. The summed E-state index contributed by atoms with van der Waals surface area (Å²) < 4.78 is 0. The van der Waals surface area contributed by atoms with Crippen molar-refractivity contribution in [2.24, 2.45) is 5.73 Å². The van der Waals surface area contributed by atoms with Crippen LogP contribution in [0, 0.1) is 11.3 Å². The van der Waals surface area contributed by atoms with E-state index < -0.39 is 0 Å². The minimum Gasteiger partial charge on any atom is -0.366 e. The van der Waals surface area contributed by atoms with E-state index in [0.717, 1.165) is 24.2 Å². The van der Waals surface area contributed by atoms with Gasteiger partial charge >= 0.3 is 0 Å². The SMILES string of the molecule is N#Cc1cnc(N[C@@H]2CCCC[C@@H]2N)cc1Nc1cccc(-n2nccn2)c1. The van der Waals surface area contributed by atoms with Crippen molar-refractivity contribution in [3.63, 3.8) is 0 Å². The third-order valence-electron chi connectivity index (χ3n) is 4.95. The Balaban J connectivity index is 1.57. The maximum absolute atomic E-state index is 9.46. The Morgan fingerprint density at radius 2 is 1.96 bits per heavy atom. The number of hydrogen-bond donors (Lipinski definition) is 3. The van der Waals surface area contributed by atoms with Gasteiger partial charge in [-0.1, -0.05) is 18.9 Å². The minimum absolute atomic E-state index is 0.126. The van der Waals surface area contributed by atoms with E-state index in [1.54, 1.807) is 23.4 Å².